The Morgan fingerprint density at radius 1 is 0.762 bits per heavy atom. The molecule has 0 amide bonds. The Kier molecular flexibility index (Phi) is 4.38. The standard InChI is InChI=1S/C17H16O4/c1-11-12(9-6-10-13(11)16(18)20-2)14-7-4-5-8-15(14)17(19)21-3/h4-10H,1-3H3. The van der Waals surface area contributed by atoms with E-state index < -0.39 is 11.9 Å². The van der Waals surface area contributed by atoms with Crippen molar-refractivity contribution < 1.29 is 19.1 Å². The first-order valence-electron chi connectivity index (χ1n) is 6.45. The molecule has 0 saturated carbocycles. The lowest BCUT2D eigenvalue weighted by atomic mass is 9.93. The van der Waals surface area contributed by atoms with E-state index in [0.29, 0.717) is 11.1 Å². The highest BCUT2D eigenvalue weighted by Crippen LogP contribution is 2.29. The Morgan fingerprint density at radius 3 is 1.95 bits per heavy atom. The van der Waals surface area contributed by atoms with Crippen LogP contribution in [-0.4, -0.2) is 26.2 Å². The van der Waals surface area contributed by atoms with Crippen molar-refractivity contribution in [2.75, 3.05) is 14.2 Å². The SMILES string of the molecule is COC(=O)c1ccccc1-c1cccc(C(=O)OC)c1C. The van der Waals surface area contributed by atoms with Crippen LogP contribution >= 0.6 is 0 Å². The topological polar surface area (TPSA) is 52.6 Å². The van der Waals surface area contributed by atoms with Crippen LogP contribution in [0.5, 0.6) is 0 Å². The first-order chi connectivity index (χ1) is 10.1. The summed E-state index contributed by atoms with van der Waals surface area (Å²) in [7, 11) is 2.69. The summed E-state index contributed by atoms with van der Waals surface area (Å²) < 4.78 is 9.58. The highest BCUT2D eigenvalue weighted by Gasteiger charge is 2.17. The molecule has 0 aliphatic heterocycles. The van der Waals surface area contributed by atoms with Gasteiger partial charge in [-0.05, 0) is 35.7 Å². The Hall–Kier alpha value is -2.62. The van der Waals surface area contributed by atoms with Gasteiger partial charge in [0.1, 0.15) is 0 Å². The molecular weight excluding hydrogens is 268 g/mol. The molecule has 0 radical (unpaired) electrons. The van der Waals surface area contributed by atoms with Crippen LogP contribution in [0.1, 0.15) is 26.3 Å². The summed E-state index contributed by atoms with van der Waals surface area (Å²) in [5.74, 6) is -0.807. The zero-order chi connectivity index (χ0) is 15.4. The van der Waals surface area contributed by atoms with Gasteiger partial charge in [-0.15, -0.1) is 0 Å². The second-order valence-corrected chi connectivity index (χ2v) is 4.51. The average molecular weight is 284 g/mol. The summed E-state index contributed by atoms with van der Waals surface area (Å²) in [4.78, 5) is 23.7. The van der Waals surface area contributed by atoms with Gasteiger partial charge in [0.2, 0.25) is 0 Å². The molecule has 0 spiro atoms. The minimum Gasteiger partial charge on any atom is -0.465 e. The second-order valence-electron chi connectivity index (χ2n) is 4.51. The van der Waals surface area contributed by atoms with Crippen LogP contribution in [0.15, 0.2) is 42.5 Å². The van der Waals surface area contributed by atoms with Crippen molar-refractivity contribution in [2.45, 2.75) is 6.92 Å². The predicted molar refractivity (Wildman–Crippen MR) is 79.3 cm³/mol. The molecule has 4 nitrogen and oxygen atoms in total. The van der Waals surface area contributed by atoms with Crippen molar-refractivity contribution in [1.82, 2.24) is 0 Å². The van der Waals surface area contributed by atoms with Gasteiger partial charge in [-0.25, -0.2) is 9.59 Å². The first-order valence-corrected chi connectivity index (χ1v) is 6.45. The van der Waals surface area contributed by atoms with Gasteiger partial charge in [0.15, 0.2) is 0 Å². The second kappa shape index (κ2) is 6.22. The van der Waals surface area contributed by atoms with E-state index in [9.17, 15) is 9.59 Å². The summed E-state index contributed by atoms with van der Waals surface area (Å²) in [6.07, 6.45) is 0. The maximum atomic E-state index is 11.9. The number of hydrogen-bond acceptors (Lipinski definition) is 4. The lowest BCUT2D eigenvalue weighted by Gasteiger charge is -2.13. The van der Waals surface area contributed by atoms with E-state index in [1.807, 2.05) is 25.1 Å². The van der Waals surface area contributed by atoms with Gasteiger partial charge in [0.25, 0.3) is 0 Å². The van der Waals surface area contributed by atoms with Gasteiger partial charge >= 0.3 is 11.9 Å². The lowest BCUT2D eigenvalue weighted by Crippen LogP contribution is -2.07. The van der Waals surface area contributed by atoms with Gasteiger partial charge in [-0.2, -0.15) is 0 Å². The fraction of sp³-hybridized carbons (Fsp3) is 0.176. The lowest BCUT2D eigenvalue weighted by molar-refractivity contribution is 0.0592. The van der Waals surface area contributed by atoms with Crippen LogP contribution in [0.2, 0.25) is 0 Å². The van der Waals surface area contributed by atoms with Crippen LogP contribution in [0, 0.1) is 6.92 Å². The number of rotatable bonds is 3. The molecule has 0 unspecified atom stereocenters. The maximum Gasteiger partial charge on any atom is 0.338 e. The molecule has 2 aromatic rings. The number of carbonyl (C=O) groups is 2. The molecule has 0 fully saturated rings. The van der Waals surface area contributed by atoms with E-state index in [1.165, 1.54) is 14.2 Å². The van der Waals surface area contributed by atoms with Crippen molar-refractivity contribution in [3.63, 3.8) is 0 Å². The Bertz CT molecular complexity index is 689. The van der Waals surface area contributed by atoms with Crippen LogP contribution in [-0.2, 0) is 9.47 Å². The Labute approximate surface area is 123 Å². The fourth-order valence-corrected chi connectivity index (χ4v) is 2.26. The molecule has 0 aliphatic carbocycles. The molecule has 0 bridgehead atoms. The van der Waals surface area contributed by atoms with Gasteiger partial charge < -0.3 is 9.47 Å². The summed E-state index contributed by atoms with van der Waals surface area (Å²) in [5.41, 5.74) is 3.24. The molecule has 2 aromatic carbocycles. The Morgan fingerprint density at radius 2 is 1.29 bits per heavy atom. The third kappa shape index (κ3) is 2.79. The maximum absolute atomic E-state index is 11.9. The van der Waals surface area contributed by atoms with E-state index in [2.05, 4.69) is 0 Å². The molecule has 2 rings (SSSR count). The summed E-state index contributed by atoms with van der Waals surface area (Å²) >= 11 is 0. The largest absolute Gasteiger partial charge is 0.465 e. The number of carbonyl (C=O) groups excluding carboxylic acids is 2. The minimum atomic E-state index is -0.409. The highest BCUT2D eigenvalue weighted by molar-refractivity contribution is 5.99. The molecule has 0 saturated heterocycles. The van der Waals surface area contributed by atoms with Crippen LogP contribution in [0.4, 0.5) is 0 Å². The van der Waals surface area contributed by atoms with Crippen molar-refractivity contribution in [3.8, 4) is 11.1 Å². The molecular formula is C17H16O4. The zero-order valence-electron chi connectivity index (χ0n) is 12.2. The van der Waals surface area contributed by atoms with E-state index in [0.717, 1.165) is 16.7 Å². The molecule has 0 heterocycles. The summed E-state index contributed by atoms with van der Waals surface area (Å²) in [6.45, 7) is 1.83. The number of methoxy groups -OCH3 is 2. The monoisotopic (exact) mass is 284 g/mol. The zero-order valence-corrected chi connectivity index (χ0v) is 12.2. The molecule has 0 aliphatic rings. The molecule has 4 heteroatoms. The smallest absolute Gasteiger partial charge is 0.338 e. The van der Waals surface area contributed by atoms with Crippen molar-refractivity contribution in [3.05, 3.63) is 59.2 Å². The third-order valence-electron chi connectivity index (χ3n) is 3.36. The van der Waals surface area contributed by atoms with Crippen LogP contribution in [0.3, 0.4) is 0 Å². The molecule has 108 valence electrons. The van der Waals surface area contributed by atoms with Gasteiger partial charge in [0.05, 0.1) is 25.3 Å². The number of ether oxygens (including phenoxy) is 2. The van der Waals surface area contributed by atoms with Gasteiger partial charge in [-0.1, -0.05) is 30.3 Å². The quantitative estimate of drug-likeness (QED) is 0.812. The van der Waals surface area contributed by atoms with Crippen LogP contribution < -0.4 is 0 Å². The number of hydrogen-bond donors (Lipinski definition) is 0. The Balaban J connectivity index is 2.63. The van der Waals surface area contributed by atoms with Crippen molar-refractivity contribution in [1.29, 1.82) is 0 Å². The molecule has 0 aromatic heterocycles. The normalized spacial score (nSPS) is 10.0. The number of esters is 2. The van der Waals surface area contributed by atoms with E-state index in [1.54, 1.807) is 24.3 Å². The fourth-order valence-electron chi connectivity index (χ4n) is 2.26. The van der Waals surface area contributed by atoms with Crippen molar-refractivity contribution in [2.24, 2.45) is 0 Å². The van der Waals surface area contributed by atoms with E-state index in [-0.39, 0.29) is 0 Å². The first kappa shape index (κ1) is 14.8. The summed E-state index contributed by atoms with van der Waals surface area (Å²) in [5, 5.41) is 0. The van der Waals surface area contributed by atoms with Gasteiger partial charge in [-0.3, -0.25) is 0 Å². The molecule has 0 N–H and O–H groups in total. The van der Waals surface area contributed by atoms with E-state index in [4.69, 9.17) is 9.47 Å². The highest BCUT2D eigenvalue weighted by atomic mass is 16.5. The number of benzene rings is 2. The van der Waals surface area contributed by atoms with Crippen molar-refractivity contribution >= 4 is 11.9 Å². The average Bonchev–Trinajstić information content (AvgIpc) is 2.53. The third-order valence-corrected chi connectivity index (χ3v) is 3.36. The molecule has 0 atom stereocenters. The summed E-state index contributed by atoms with van der Waals surface area (Å²) in [6, 6.07) is 12.5. The minimum absolute atomic E-state index is 0.398. The van der Waals surface area contributed by atoms with E-state index >= 15 is 0 Å². The molecule has 21 heavy (non-hydrogen) atoms. The van der Waals surface area contributed by atoms with Gasteiger partial charge in [0, 0.05) is 0 Å². The van der Waals surface area contributed by atoms with Crippen LogP contribution in [0.25, 0.3) is 11.1 Å². The predicted octanol–water partition coefficient (Wildman–Crippen LogP) is 3.24.